The van der Waals surface area contributed by atoms with Crippen LogP contribution in [0.4, 0.5) is 0 Å². The smallest absolute Gasteiger partial charge is 0.223 e. The molecule has 116 valence electrons. The Morgan fingerprint density at radius 2 is 1.78 bits per heavy atom. The molecule has 0 spiro atoms. The average Bonchev–Trinajstić information content (AvgIpc) is 2.57. The van der Waals surface area contributed by atoms with E-state index >= 15 is 0 Å². The SMILES string of the molecule is CCOc1ccc(Oc2cc(C)nc(-c3cccnc3)n2)cc1. The van der Waals surface area contributed by atoms with E-state index in [9.17, 15) is 0 Å². The number of hydrogen-bond donors (Lipinski definition) is 0. The Balaban J connectivity index is 1.84. The van der Waals surface area contributed by atoms with Crippen LogP contribution in [0.5, 0.6) is 17.4 Å². The molecule has 0 unspecified atom stereocenters. The Bertz CT molecular complexity index is 774. The summed E-state index contributed by atoms with van der Waals surface area (Å²) < 4.78 is 11.2. The van der Waals surface area contributed by atoms with E-state index in [-0.39, 0.29) is 0 Å². The zero-order valence-electron chi connectivity index (χ0n) is 13.1. The molecule has 0 aliphatic rings. The van der Waals surface area contributed by atoms with Crippen LogP contribution in [-0.2, 0) is 0 Å². The summed E-state index contributed by atoms with van der Waals surface area (Å²) in [5.74, 6) is 2.61. The zero-order chi connectivity index (χ0) is 16.1. The van der Waals surface area contributed by atoms with Gasteiger partial charge in [0.1, 0.15) is 11.5 Å². The molecule has 3 rings (SSSR count). The fourth-order valence-corrected chi connectivity index (χ4v) is 2.11. The molecule has 0 saturated carbocycles. The molecule has 23 heavy (non-hydrogen) atoms. The molecule has 5 nitrogen and oxygen atoms in total. The number of nitrogens with zero attached hydrogens (tertiary/aromatic N) is 3. The Morgan fingerprint density at radius 3 is 2.48 bits per heavy atom. The Hall–Kier alpha value is -2.95. The van der Waals surface area contributed by atoms with Gasteiger partial charge in [-0.15, -0.1) is 0 Å². The lowest BCUT2D eigenvalue weighted by molar-refractivity contribution is 0.339. The van der Waals surface area contributed by atoms with E-state index in [1.165, 1.54) is 0 Å². The first kappa shape index (κ1) is 15.0. The number of ether oxygens (including phenoxy) is 2. The van der Waals surface area contributed by atoms with Crippen LogP contribution in [0.1, 0.15) is 12.6 Å². The van der Waals surface area contributed by atoms with E-state index in [1.54, 1.807) is 18.5 Å². The highest BCUT2D eigenvalue weighted by atomic mass is 16.5. The van der Waals surface area contributed by atoms with Crippen molar-refractivity contribution >= 4 is 0 Å². The van der Waals surface area contributed by atoms with Crippen molar-refractivity contribution in [3.8, 4) is 28.8 Å². The quantitative estimate of drug-likeness (QED) is 0.712. The van der Waals surface area contributed by atoms with Gasteiger partial charge in [-0.1, -0.05) is 0 Å². The van der Waals surface area contributed by atoms with Gasteiger partial charge in [-0.05, 0) is 50.2 Å². The molecule has 3 aromatic rings. The van der Waals surface area contributed by atoms with Gasteiger partial charge < -0.3 is 9.47 Å². The van der Waals surface area contributed by atoms with Gasteiger partial charge in [0, 0.05) is 29.7 Å². The van der Waals surface area contributed by atoms with Crippen LogP contribution in [0.15, 0.2) is 54.9 Å². The molecule has 2 aromatic heterocycles. The van der Waals surface area contributed by atoms with Gasteiger partial charge in [0.2, 0.25) is 5.88 Å². The summed E-state index contributed by atoms with van der Waals surface area (Å²) in [4.78, 5) is 13.0. The van der Waals surface area contributed by atoms with E-state index < -0.39 is 0 Å². The van der Waals surface area contributed by atoms with Crippen LogP contribution in [-0.4, -0.2) is 21.6 Å². The number of benzene rings is 1. The molecule has 0 aliphatic carbocycles. The fraction of sp³-hybridized carbons (Fsp3) is 0.167. The molecule has 2 heterocycles. The first-order valence-electron chi connectivity index (χ1n) is 7.41. The summed E-state index contributed by atoms with van der Waals surface area (Å²) in [5.41, 5.74) is 1.69. The van der Waals surface area contributed by atoms with Crippen molar-refractivity contribution in [2.24, 2.45) is 0 Å². The summed E-state index contributed by atoms with van der Waals surface area (Å²) in [5, 5.41) is 0. The number of aromatic nitrogens is 3. The topological polar surface area (TPSA) is 57.1 Å². The van der Waals surface area contributed by atoms with Gasteiger partial charge in [0.05, 0.1) is 6.61 Å². The third kappa shape index (κ3) is 3.83. The summed E-state index contributed by atoms with van der Waals surface area (Å²) in [6, 6.07) is 13.0. The predicted octanol–water partition coefficient (Wildman–Crippen LogP) is 4.04. The molecule has 0 fully saturated rings. The Morgan fingerprint density at radius 1 is 1.00 bits per heavy atom. The van der Waals surface area contributed by atoms with Gasteiger partial charge >= 0.3 is 0 Å². The van der Waals surface area contributed by atoms with Gasteiger partial charge in [-0.3, -0.25) is 4.98 Å². The molecule has 0 radical (unpaired) electrons. The molecule has 1 aromatic carbocycles. The summed E-state index contributed by atoms with van der Waals surface area (Å²) >= 11 is 0. The van der Waals surface area contributed by atoms with Gasteiger partial charge in [0.25, 0.3) is 0 Å². The second-order valence-corrected chi connectivity index (χ2v) is 4.92. The predicted molar refractivity (Wildman–Crippen MR) is 87.7 cm³/mol. The zero-order valence-corrected chi connectivity index (χ0v) is 13.1. The minimum atomic E-state index is 0.500. The molecule has 0 saturated heterocycles. The molecule has 0 atom stereocenters. The maximum Gasteiger partial charge on any atom is 0.223 e. The Kier molecular flexibility index (Phi) is 4.47. The van der Waals surface area contributed by atoms with E-state index in [0.717, 1.165) is 17.0 Å². The minimum Gasteiger partial charge on any atom is -0.494 e. The normalized spacial score (nSPS) is 10.3. The van der Waals surface area contributed by atoms with Crippen molar-refractivity contribution in [1.29, 1.82) is 0 Å². The average molecular weight is 307 g/mol. The van der Waals surface area contributed by atoms with Crippen molar-refractivity contribution in [3.63, 3.8) is 0 Å². The molecule has 0 bridgehead atoms. The lowest BCUT2D eigenvalue weighted by Crippen LogP contribution is -1.96. The van der Waals surface area contributed by atoms with E-state index in [2.05, 4.69) is 15.0 Å². The van der Waals surface area contributed by atoms with Crippen molar-refractivity contribution in [2.45, 2.75) is 13.8 Å². The largest absolute Gasteiger partial charge is 0.494 e. The maximum atomic E-state index is 5.83. The molecular weight excluding hydrogens is 290 g/mol. The van der Waals surface area contributed by atoms with Crippen LogP contribution in [0.25, 0.3) is 11.4 Å². The third-order valence-corrected chi connectivity index (χ3v) is 3.11. The highest BCUT2D eigenvalue weighted by Gasteiger charge is 2.07. The minimum absolute atomic E-state index is 0.500. The number of pyridine rings is 1. The fourth-order valence-electron chi connectivity index (χ4n) is 2.11. The molecular formula is C18H17N3O2. The van der Waals surface area contributed by atoms with Gasteiger partial charge in [0.15, 0.2) is 5.82 Å². The molecule has 5 heteroatoms. The van der Waals surface area contributed by atoms with Crippen LogP contribution in [0, 0.1) is 6.92 Å². The number of rotatable bonds is 5. The molecule has 0 amide bonds. The third-order valence-electron chi connectivity index (χ3n) is 3.11. The first-order valence-corrected chi connectivity index (χ1v) is 7.41. The summed E-state index contributed by atoms with van der Waals surface area (Å²) in [7, 11) is 0. The lowest BCUT2D eigenvalue weighted by atomic mass is 10.2. The van der Waals surface area contributed by atoms with Crippen molar-refractivity contribution < 1.29 is 9.47 Å². The first-order chi connectivity index (χ1) is 11.2. The highest BCUT2D eigenvalue weighted by Crippen LogP contribution is 2.25. The van der Waals surface area contributed by atoms with Crippen molar-refractivity contribution in [3.05, 3.63) is 60.6 Å². The Labute approximate surface area is 135 Å². The standard InChI is InChI=1S/C18H17N3O2/c1-3-22-15-6-8-16(9-7-15)23-17-11-13(2)20-18(21-17)14-5-4-10-19-12-14/h4-12H,3H2,1-2H3. The summed E-state index contributed by atoms with van der Waals surface area (Å²) in [6.45, 7) is 4.50. The van der Waals surface area contributed by atoms with E-state index in [1.807, 2.05) is 50.2 Å². The second kappa shape index (κ2) is 6.87. The molecule has 0 aliphatic heterocycles. The van der Waals surface area contributed by atoms with Gasteiger partial charge in [-0.25, -0.2) is 4.98 Å². The second-order valence-electron chi connectivity index (χ2n) is 4.92. The van der Waals surface area contributed by atoms with Crippen LogP contribution < -0.4 is 9.47 Å². The number of aryl methyl sites for hydroxylation is 1. The van der Waals surface area contributed by atoms with Gasteiger partial charge in [-0.2, -0.15) is 4.98 Å². The van der Waals surface area contributed by atoms with Crippen LogP contribution >= 0.6 is 0 Å². The monoisotopic (exact) mass is 307 g/mol. The summed E-state index contributed by atoms with van der Waals surface area (Å²) in [6.07, 6.45) is 3.45. The van der Waals surface area contributed by atoms with E-state index in [0.29, 0.717) is 24.1 Å². The van der Waals surface area contributed by atoms with Crippen LogP contribution in [0.3, 0.4) is 0 Å². The highest BCUT2D eigenvalue weighted by molar-refractivity contribution is 5.54. The molecule has 0 N–H and O–H groups in total. The van der Waals surface area contributed by atoms with Crippen molar-refractivity contribution in [2.75, 3.05) is 6.61 Å². The maximum absolute atomic E-state index is 5.83. The lowest BCUT2D eigenvalue weighted by Gasteiger charge is -2.08. The van der Waals surface area contributed by atoms with Crippen LogP contribution in [0.2, 0.25) is 0 Å². The number of hydrogen-bond acceptors (Lipinski definition) is 5. The van der Waals surface area contributed by atoms with E-state index in [4.69, 9.17) is 9.47 Å². The van der Waals surface area contributed by atoms with Crippen molar-refractivity contribution in [1.82, 2.24) is 15.0 Å².